The standard InChI is InChI=1S/C11H24N2/c1-3-10(4-2)8-13-11(9-12)6-5-7-11/h10,13H,3-9,12H2,1-2H3. The Hall–Kier alpha value is -0.0800. The second-order valence-corrected chi connectivity index (χ2v) is 4.40. The molecule has 13 heavy (non-hydrogen) atoms. The van der Waals surface area contributed by atoms with Gasteiger partial charge in [0.05, 0.1) is 0 Å². The van der Waals surface area contributed by atoms with E-state index in [1.807, 2.05) is 0 Å². The molecule has 2 nitrogen and oxygen atoms in total. The van der Waals surface area contributed by atoms with Crippen LogP contribution >= 0.6 is 0 Å². The van der Waals surface area contributed by atoms with E-state index in [0.717, 1.165) is 19.0 Å². The van der Waals surface area contributed by atoms with Crippen molar-refractivity contribution in [2.24, 2.45) is 11.7 Å². The van der Waals surface area contributed by atoms with Gasteiger partial charge in [-0.2, -0.15) is 0 Å². The highest BCUT2D eigenvalue weighted by Gasteiger charge is 2.34. The molecule has 0 aromatic carbocycles. The van der Waals surface area contributed by atoms with E-state index in [-0.39, 0.29) is 0 Å². The van der Waals surface area contributed by atoms with Crippen LogP contribution in [0.2, 0.25) is 0 Å². The first kappa shape index (κ1) is 11.0. The summed E-state index contributed by atoms with van der Waals surface area (Å²) in [7, 11) is 0. The Morgan fingerprint density at radius 2 is 1.92 bits per heavy atom. The van der Waals surface area contributed by atoms with Crippen LogP contribution in [0, 0.1) is 5.92 Å². The molecular formula is C11H24N2. The lowest BCUT2D eigenvalue weighted by Gasteiger charge is -2.42. The van der Waals surface area contributed by atoms with Crippen molar-refractivity contribution >= 4 is 0 Å². The molecule has 2 heteroatoms. The van der Waals surface area contributed by atoms with E-state index in [1.54, 1.807) is 0 Å². The van der Waals surface area contributed by atoms with Crippen LogP contribution in [0.15, 0.2) is 0 Å². The molecule has 0 atom stereocenters. The van der Waals surface area contributed by atoms with Gasteiger partial charge < -0.3 is 11.1 Å². The lowest BCUT2D eigenvalue weighted by atomic mass is 9.76. The van der Waals surface area contributed by atoms with Crippen molar-refractivity contribution in [2.45, 2.75) is 51.5 Å². The summed E-state index contributed by atoms with van der Waals surface area (Å²) in [6, 6.07) is 0. The fraction of sp³-hybridized carbons (Fsp3) is 1.00. The van der Waals surface area contributed by atoms with Crippen LogP contribution in [-0.4, -0.2) is 18.6 Å². The van der Waals surface area contributed by atoms with Gasteiger partial charge in [0, 0.05) is 12.1 Å². The Balaban J connectivity index is 2.23. The van der Waals surface area contributed by atoms with E-state index >= 15 is 0 Å². The van der Waals surface area contributed by atoms with Gasteiger partial charge in [-0.1, -0.05) is 26.7 Å². The molecule has 0 aliphatic heterocycles. The molecule has 3 N–H and O–H groups in total. The van der Waals surface area contributed by atoms with Gasteiger partial charge in [0.25, 0.3) is 0 Å². The normalized spacial score (nSPS) is 20.3. The number of nitrogens with two attached hydrogens (primary N) is 1. The predicted molar refractivity (Wildman–Crippen MR) is 57.7 cm³/mol. The molecular weight excluding hydrogens is 160 g/mol. The first-order valence-electron chi connectivity index (χ1n) is 5.71. The average molecular weight is 184 g/mol. The molecule has 0 amide bonds. The first-order chi connectivity index (χ1) is 6.26. The third-order valence-electron chi connectivity index (χ3n) is 3.62. The highest BCUT2D eigenvalue weighted by atomic mass is 15.0. The molecule has 0 heterocycles. The molecule has 1 fully saturated rings. The lowest BCUT2D eigenvalue weighted by Crippen LogP contribution is -2.57. The molecule has 0 unspecified atom stereocenters. The van der Waals surface area contributed by atoms with Crippen LogP contribution in [0.5, 0.6) is 0 Å². The van der Waals surface area contributed by atoms with E-state index in [1.165, 1.54) is 32.1 Å². The summed E-state index contributed by atoms with van der Waals surface area (Å²) >= 11 is 0. The maximum atomic E-state index is 5.78. The van der Waals surface area contributed by atoms with Crippen LogP contribution in [0.1, 0.15) is 46.0 Å². The van der Waals surface area contributed by atoms with Gasteiger partial charge in [0.15, 0.2) is 0 Å². The van der Waals surface area contributed by atoms with Crippen molar-refractivity contribution < 1.29 is 0 Å². The van der Waals surface area contributed by atoms with E-state index in [9.17, 15) is 0 Å². The largest absolute Gasteiger partial charge is 0.329 e. The maximum Gasteiger partial charge on any atom is 0.0304 e. The Labute approximate surface area is 82.3 Å². The van der Waals surface area contributed by atoms with Crippen LogP contribution in [-0.2, 0) is 0 Å². The quantitative estimate of drug-likeness (QED) is 0.661. The summed E-state index contributed by atoms with van der Waals surface area (Å²) in [4.78, 5) is 0. The fourth-order valence-electron chi connectivity index (χ4n) is 1.99. The zero-order chi connectivity index (χ0) is 9.73. The van der Waals surface area contributed by atoms with Crippen molar-refractivity contribution in [3.05, 3.63) is 0 Å². The van der Waals surface area contributed by atoms with Gasteiger partial charge in [0.1, 0.15) is 0 Å². The van der Waals surface area contributed by atoms with E-state index in [4.69, 9.17) is 5.73 Å². The number of rotatable bonds is 6. The lowest BCUT2D eigenvalue weighted by molar-refractivity contribution is 0.181. The maximum absolute atomic E-state index is 5.78. The third-order valence-corrected chi connectivity index (χ3v) is 3.62. The Morgan fingerprint density at radius 1 is 1.31 bits per heavy atom. The number of hydrogen-bond donors (Lipinski definition) is 2. The molecule has 1 saturated carbocycles. The monoisotopic (exact) mass is 184 g/mol. The molecule has 0 aromatic rings. The minimum atomic E-state index is 0.322. The van der Waals surface area contributed by atoms with Gasteiger partial charge >= 0.3 is 0 Å². The van der Waals surface area contributed by atoms with Crippen LogP contribution in [0.3, 0.4) is 0 Å². The predicted octanol–water partition coefficient (Wildman–Crippen LogP) is 1.89. The fourth-order valence-corrected chi connectivity index (χ4v) is 1.99. The van der Waals surface area contributed by atoms with Crippen molar-refractivity contribution in [1.29, 1.82) is 0 Å². The van der Waals surface area contributed by atoms with Gasteiger partial charge in [-0.15, -0.1) is 0 Å². The number of hydrogen-bond acceptors (Lipinski definition) is 2. The number of nitrogens with one attached hydrogen (secondary N) is 1. The third kappa shape index (κ3) is 2.68. The topological polar surface area (TPSA) is 38.0 Å². The van der Waals surface area contributed by atoms with E-state index in [0.29, 0.717) is 5.54 Å². The van der Waals surface area contributed by atoms with Gasteiger partial charge in [0.2, 0.25) is 0 Å². The molecule has 0 spiro atoms. The zero-order valence-electron chi connectivity index (χ0n) is 9.10. The molecule has 78 valence electrons. The smallest absolute Gasteiger partial charge is 0.0304 e. The molecule has 1 aliphatic rings. The Bertz CT molecular complexity index is 132. The second-order valence-electron chi connectivity index (χ2n) is 4.40. The summed E-state index contributed by atoms with van der Waals surface area (Å²) in [5.74, 6) is 0.837. The van der Waals surface area contributed by atoms with Gasteiger partial charge in [-0.05, 0) is 31.7 Å². The summed E-state index contributed by atoms with van der Waals surface area (Å²) < 4.78 is 0. The van der Waals surface area contributed by atoms with E-state index in [2.05, 4.69) is 19.2 Å². The van der Waals surface area contributed by atoms with Gasteiger partial charge in [-0.25, -0.2) is 0 Å². The Morgan fingerprint density at radius 3 is 2.23 bits per heavy atom. The zero-order valence-corrected chi connectivity index (χ0v) is 9.10. The molecule has 1 rings (SSSR count). The van der Waals surface area contributed by atoms with Crippen LogP contribution in [0.25, 0.3) is 0 Å². The highest BCUT2D eigenvalue weighted by molar-refractivity contribution is 4.96. The minimum absolute atomic E-state index is 0.322. The highest BCUT2D eigenvalue weighted by Crippen LogP contribution is 2.30. The van der Waals surface area contributed by atoms with Crippen LogP contribution < -0.4 is 11.1 Å². The SMILES string of the molecule is CCC(CC)CNC1(CN)CCC1. The van der Waals surface area contributed by atoms with Crippen molar-refractivity contribution in [1.82, 2.24) is 5.32 Å². The summed E-state index contributed by atoms with van der Waals surface area (Å²) in [5.41, 5.74) is 6.10. The second kappa shape index (κ2) is 4.97. The first-order valence-corrected chi connectivity index (χ1v) is 5.71. The molecule has 0 radical (unpaired) electrons. The summed E-state index contributed by atoms with van der Waals surface area (Å²) in [6.45, 7) is 6.51. The summed E-state index contributed by atoms with van der Waals surface area (Å²) in [6.07, 6.45) is 6.48. The van der Waals surface area contributed by atoms with Crippen molar-refractivity contribution in [3.63, 3.8) is 0 Å². The van der Waals surface area contributed by atoms with Crippen molar-refractivity contribution in [3.8, 4) is 0 Å². The average Bonchev–Trinajstić information content (AvgIpc) is 2.10. The summed E-state index contributed by atoms with van der Waals surface area (Å²) in [5, 5.41) is 3.66. The Kier molecular flexibility index (Phi) is 4.20. The molecule has 0 aromatic heterocycles. The molecule has 0 bridgehead atoms. The van der Waals surface area contributed by atoms with Gasteiger partial charge in [-0.3, -0.25) is 0 Å². The molecule has 1 aliphatic carbocycles. The van der Waals surface area contributed by atoms with E-state index < -0.39 is 0 Å². The molecule has 0 saturated heterocycles. The minimum Gasteiger partial charge on any atom is -0.329 e. The van der Waals surface area contributed by atoms with Crippen LogP contribution in [0.4, 0.5) is 0 Å². The van der Waals surface area contributed by atoms with Crippen molar-refractivity contribution in [2.75, 3.05) is 13.1 Å².